The zero-order valence-electron chi connectivity index (χ0n) is 18.3. The van der Waals surface area contributed by atoms with Crippen LogP contribution in [0.25, 0.3) is 11.1 Å². The molecule has 7 nitrogen and oxygen atoms in total. The van der Waals surface area contributed by atoms with Crippen molar-refractivity contribution in [1.29, 1.82) is 0 Å². The van der Waals surface area contributed by atoms with Crippen molar-refractivity contribution < 1.29 is 24.2 Å². The molecule has 0 bridgehead atoms. The summed E-state index contributed by atoms with van der Waals surface area (Å²) >= 11 is 0. The van der Waals surface area contributed by atoms with Crippen LogP contribution in [0.5, 0.6) is 0 Å². The Morgan fingerprint density at radius 1 is 1.03 bits per heavy atom. The van der Waals surface area contributed by atoms with Gasteiger partial charge >= 0.3 is 12.1 Å². The van der Waals surface area contributed by atoms with Gasteiger partial charge in [-0.3, -0.25) is 9.59 Å². The number of carbonyl (C=O) groups excluding carboxylic acids is 2. The Hall–Kier alpha value is -3.35. The monoisotopic (exact) mass is 436 g/mol. The third-order valence-electron chi connectivity index (χ3n) is 6.28. The van der Waals surface area contributed by atoms with E-state index in [2.05, 4.69) is 29.6 Å². The lowest BCUT2D eigenvalue weighted by Crippen LogP contribution is -2.58. The quantitative estimate of drug-likeness (QED) is 0.693. The van der Waals surface area contributed by atoms with Gasteiger partial charge in [-0.05, 0) is 28.2 Å². The predicted molar refractivity (Wildman–Crippen MR) is 119 cm³/mol. The predicted octanol–water partition coefficient (Wildman–Crippen LogP) is 3.48. The molecule has 2 N–H and O–H groups in total. The summed E-state index contributed by atoms with van der Waals surface area (Å²) in [5.41, 5.74) is 4.56. The van der Waals surface area contributed by atoms with Crippen molar-refractivity contribution >= 4 is 18.0 Å². The van der Waals surface area contributed by atoms with Gasteiger partial charge in [-0.15, -0.1) is 0 Å². The molecule has 1 heterocycles. The second-order valence-corrected chi connectivity index (χ2v) is 8.90. The van der Waals surface area contributed by atoms with Gasteiger partial charge in [0.2, 0.25) is 5.91 Å². The second kappa shape index (κ2) is 9.02. The van der Waals surface area contributed by atoms with Crippen LogP contribution >= 0.6 is 0 Å². The molecular weight excluding hydrogens is 408 g/mol. The Morgan fingerprint density at radius 2 is 1.59 bits per heavy atom. The SMILES string of the molecule is CC(C)[C@H](NC(=O)OCC1c2ccccc2-c2ccccc21)C(=O)N1CC(CC(=O)O)C1. The maximum absolute atomic E-state index is 12.8. The minimum Gasteiger partial charge on any atom is -0.481 e. The van der Waals surface area contributed by atoms with Crippen LogP contribution in [0.2, 0.25) is 0 Å². The van der Waals surface area contributed by atoms with E-state index in [1.165, 1.54) is 0 Å². The van der Waals surface area contributed by atoms with Crippen LogP contribution in [-0.4, -0.2) is 53.7 Å². The zero-order valence-corrected chi connectivity index (χ0v) is 18.3. The van der Waals surface area contributed by atoms with Gasteiger partial charge in [0.15, 0.2) is 0 Å². The fourth-order valence-electron chi connectivity index (χ4n) is 4.60. The minimum absolute atomic E-state index is 0.0290. The van der Waals surface area contributed by atoms with Crippen LogP contribution in [0.1, 0.15) is 37.3 Å². The Balaban J connectivity index is 1.37. The summed E-state index contributed by atoms with van der Waals surface area (Å²) in [7, 11) is 0. The van der Waals surface area contributed by atoms with Gasteiger partial charge in [0, 0.05) is 24.9 Å². The molecule has 0 unspecified atom stereocenters. The van der Waals surface area contributed by atoms with Crippen molar-refractivity contribution in [3.8, 4) is 11.1 Å². The molecule has 1 saturated heterocycles. The molecule has 1 aliphatic heterocycles. The molecule has 7 heteroatoms. The Morgan fingerprint density at radius 3 is 2.12 bits per heavy atom. The van der Waals surface area contributed by atoms with Crippen molar-refractivity contribution in [2.45, 2.75) is 32.2 Å². The standard InChI is InChI=1S/C25H28N2O5/c1-15(2)23(24(30)27-12-16(13-27)11-22(28)29)26-25(31)32-14-21-19-9-5-3-7-17(19)18-8-4-6-10-20(18)21/h3-10,15-16,21,23H,11-14H2,1-2H3,(H,26,31)(H,28,29)/t23-/m0/s1. The third kappa shape index (κ3) is 4.33. The number of carboxylic acid groups (broad SMARTS) is 1. The summed E-state index contributed by atoms with van der Waals surface area (Å²) in [5, 5.41) is 11.6. The molecule has 1 aliphatic carbocycles. The number of hydrogen-bond donors (Lipinski definition) is 2. The number of fused-ring (bicyclic) bond motifs is 3. The molecule has 32 heavy (non-hydrogen) atoms. The van der Waals surface area contributed by atoms with Gasteiger partial charge in [-0.25, -0.2) is 4.79 Å². The fourth-order valence-corrected chi connectivity index (χ4v) is 4.60. The number of likely N-dealkylation sites (tertiary alicyclic amines) is 1. The summed E-state index contributed by atoms with van der Waals surface area (Å²) in [6, 6.07) is 15.5. The van der Waals surface area contributed by atoms with Gasteiger partial charge < -0.3 is 20.1 Å². The smallest absolute Gasteiger partial charge is 0.407 e. The molecule has 0 spiro atoms. The normalized spacial score (nSPS) is 16.2. The van der Waals surface area contributed by atoms with Crippen LogP contribution in [0.4, 0.5) is 4.79 Å². The van der Waals surface area contributed by atoms with E-state index in [0.717, 1.165) is 22.3 Å². The number of nitrogens with zero attached hydrogens (tertiary/aromatic N) is 1. The molecular formula is C25H28N2O5. The molecule has 0 radical (unpaired) electrons. The van der Waals surface area contributed by atoms with Crippen LogP contribution in [-0.2, 0) is 14.3 Å². The number of amides is 2. The summed E-state index contributed by atoms with van der Waals surface area (Å²) in [6.07, 6.45) is -0.572. The van der Waals surface area contributed by atoms with E-state index in [0.29, 0.717) is 13.1 Å². The van der Waals surface area contributed by atoms with Crippen LogP contribution in [0, 0.1) is 11.8 Å². The molecule has 4 rings (SSSR count). The largest absolute Gasteiger partial charge is 0.481 e. The number of ether oxygens (including phenoxy) is 1. The first-order valence-electron chi connectivity index (χ1n) is 11.0. The van der Waals surface area contributed by atoms with E-state index in [9.17, 15) is 14.4 Å². The molecule has 2 aromatic rings. The third-order valence-corrected chi connectivity index (χ3v) is 6.28. The average Bonchev–Trinajstić information content (AvgIpc) is 3.06. The minimum atomic E-state index is -0.862. The van der Waals surface area contributed by atoms with Crippen molar-refractivity contribution in [1.82, 2.24) is 10.2 Å². The summed E-state index contributed by atoms with van der Waals surface area (Å²) in [6.45, 7) is 4.71. The first kappa shape index (κ1) is 21.9. The number of benzene rings is 2. The lowest BCUT2D eigenvalue weighted by atomic mass is 9.93. The van der Waals surface area contributed by atoms with E-state index in [-0.39, 0.29) is 36.7 Å². The number of hydrogen-bond acceptors (Lipinski definition) is 4. The van der Waals surface area contributed by atoms with Crippen molar-refractivity contribution in [2.75, 3.05) is 19.7 Å². The maximum atomic E-state index is 12.8. The lowest BCUT2D eigenvalue weighted by molar-refractivity contribution is -0.146. The highest BCUT2D eigenvalue weighted by Gasteiger charge is 2.37. The number of alkyl carbamates (subject to hydrolysis) is 1. The molecule has 1 fully saturated rings. The molecule has 2 aromatic carbocycles. The van der Waals surface area contributed by atoms with Gasteiger partial charge in [0.1, 0.15) is 12.6 Å². The van der Waals surface area contributed by atoms with E-state index < -0.39 is 18.1 Å². The van der Waals surface area contributed by atoms with Crippen LogP contribution < -0.4 is 5.32 Å². The lowest BCUT2D eigenvalue weighted by Gasteiger charge is -2.41. The Kier molecular flexibility index (Phi) is 6.17. The van der Waals surface area contributed by atoms with Crippen molar-refractivity contribution in [3.63, 3.8) is 0 Å². The highest BCUT2D eigenvalue weighted by Crippen LogP contribution is 2.44. The second-order valence-electron chi connectivity index (χ2n) is 8.90. The number of nitrogens with one attached hydrogen (secondary N) is 1. The van der Waals surface area contributed by atoms with Gasteiger partial charge in [-0.2, -0.15) is 0 Å². The van der Waals surface area contributed by atoms with Crippen LogP contribution in [0.15, 0.2) is 48.5 Å². The fraction of sp³-hybridized carbons (Fsp3) is 0.400. The molecule has 1 atom stereocenters. The summed E-state index contributed by atoms with van der Waals surface area (Å²) < 4.78 is 5.58. The highest BCUT2D eigenvalue weighted by molar-refractivity contribution is 5.87. The van der Waals surface area contributed by atoms with E-state index >= 15 is 0 Å². The number of carboxylic acids is 1. The molecule has 168 valence electrons. The van der Waals surface area contributed by atoms with E-state index in [4.69, 9.17) is 9.84 Å². The zero-order chi connectivity index (χ0) is 22.8. The molecule has 2 aliphatic rings. The van der Waals surface area contributed by atoms with Crippen LogP contribution in [0.3, 0.4) is 0 Å². The van der Waals surface area contributed by atoms with Gasteiger partial charge in [0.25, 0.3) is 0 Å². The highest BCUT2D eigenvalue weighted by atomic mass is 16.5. The average molecular weight is 437 g/mol. The Bertz CT molecular complexity index is 983. The summed E-state index contributed by atoms with van der Waals surface area (Å²) in [4.78, 5) is 37.9. The first-order chi connectivity index (χ1) is 15.3. The van der Waals surface area contributed by atoms with Gasteiger partial charge in [0.05, 0.1) is 6.42 Å². The van der Waals surface area contributed by atoms with Gasteiger partial charge in [-0.1, -0.05) is 62.4 Å². The van der Waals surface area contributed by atoms with E-state index in [1.54, 1.807) is 4.90 Å². The molecule has 2 amide bonds. The topological polar surface area (TPSA) is 95.9 Å². The Labute approximate surface area is 187 Å². The number of aliphatic carboxylic acids is 1. The number of rotatable bonds is 7. The summed E-state index contributed by atoms with van der Waals surface area (Å²) in [5.74, 6) is -1.26. The van der Waals surface area contributed by atoms with Crippen molar-refractivity contribution in [2.24, 2.45) is 11.8 Å². The van der Waals surface area contributed by atoms with E-state index in [1.807, 2.05) is 38.1 Å². The molecule has 0 aromatic heterocycles. The first-order valence-corrected chi connectivity index (χ1v) is 11.0. The number of carbonyl (C=O) groups is 3. The molecule has 0 saturated carbocycles. The maximum Gasteiger partial charge on any atom is 0.407 e. The van der Waals surface area contributed by atoms with Crippen molar-refractivity contribution in [3.05, 3.63) is 59.7 Å².